The van der Waals surface area contributed by atoms with Crippen molar-refractivity contribution in [1.29, 1.82) is 0 Å². The Labute approximate surface area is 95.8 Å². The standard InChI is InChI=1S/C8H12.BF4.Rh/c1-2-4-6-8-7-5-3-1;2-1(3,4)5;/h1-4H,5-8H2;;/q;-1;/p+1. The van der Waals surface area contributed by atoms with E-state index >= 15 is 0 Å². The summed E-state index contributed by atoms with van der Waals surface area (Å²) in [7, 11) is -6.00. The van der Waals surface area contributed by atoms with E-state index < -0.39 is 7.25 Å². The van der Waals surface area contributed by atoms with Crippen LogP contribution in [-0.2, 0) is 19.5 Å². The smallest absolute Gasteiger partial charge is 0.418 e. The first kappa shape index (κ1) is 16.3. The van der Waals surface area contributed by atoms with Gasteiger partial charge >= 0.3 is 8.68 Å². The van der Waals surface area contributed by atoms with Gasteiger partial charge in [-0.1, -0.05) is 24.3 Å². The quantitative estimate of drug-likeness (QED) is 0.467. The summed E-state index contributed by atoms with van der Waals surface area (Å²) in [5, 5.41) is 0. The maximum absolute atomic E-state index is 9.75. The van der Waals surface area contributed by atoms with Gasteiger partial charge in [-0.25, -0.2) is 0 Å². The molecule has 0 fully saturated rings. The van der Waals surface area contributed by atoms with Crippen LogP contribution in [0.1, 0.15) is 27.1 Å². The Bertz CT molecular complexity index is 162. The van der Waals surface area contributed by atoms with Gasteiger partial charge in [0.25, 0.3) is 0 Å². The third-order valence-electron chi connectivity index (χ3n) is 1.37. The van der Waals surface area contributed by atoms with Crippen LogP contribution in [0.3, 0.4) is 0 Å². The number of halogens is 4. The maximum Gasteiger partial charge on any atom is 1.00 e. The van der Waals surface area contributed by atoms with E-state index in [-0.39, 0.29) is 20.9 Å². The molecule has 0 spiro atoms. The molecule has 0 saturated heterocycles. The van der Waals surface area contributed by atoms with Crippen LogP contribution in [0.5, 0.6) is 0 Å². The molecular weight excluding hydrogens is 286 g/mol. The fourth-order valence-electron chi connectivity index (χ4n) is 0.874. The van der Waals surface area contributed by atoms with Gasteiger partial charge in [0.1, 0.15) is 0 Å². The molecule has 0 N–H and O–H groups in total. The second-order valence-electron chi connectivity index (χ2n) is 2.64. The Morgan fingerprint density at radius 2 is 1.14 bits per heavy atom. The largest absolute Gasteiger partial charge is 1.00 e. The van der Waals surface area contributed by atoms with Crippen molar-refractivity contribution in [2.75, 3.05) is 0 Å². The van der Waals surface area contributed by atoms with Gasteiger partial charge in [0.2, 0.25) is 0 Å². The van der Waals surface area contributed by atoms with Gasteiger partial charge in [0.05, 0.1) is 0 Å². The Balaban J connectivity index is -0.000000185. The van der Waals surface area contributed by atoms with Crippen LogP contribution < -0.4 is 0 Å². The molecule has 1 rings (SSSR count). The third kappa shape index (κ3) is 22.7. The first-order valence-corrected chi connectivity index (χ1v) is 4.19. The molecule has 0 nitrogen and oxygen atoms in total. The topological polar surface area (TPSA) is 0 Å². The Morgan fingerprint density at radius 3 is 1.43 bits per heavy atom. The monoisotopic (exact) mass is 299 g/mol. The molecule has 1 aliphatic rings. The second-order valence-corrected chi connectivity index (χ2v) is 2.64. The van der Waals surface area contributed by atoms with Crippen LogP contribution in [0.2, 0.25) is 0 Å². The van der Waals surface area contributed by atoms with E-state index in [2.05, 4.69) is 24.3 Å². The molecule has 0 aromatic carbocycles. The minimum atomic E-state index is -6.00. The van der Waals surface area contributed by atoms with Crippen molar-refractivity contribution in [3.8, 4) is 0 Å². The van der Waals surface area contributed by atoms with Crippen LogP contribution in [0.25, 0.3) is 0 Å². The van der Waals surface area contributed by atoms with Crippen LogP contribution in [0.4, 0.5) is 17.3 Å². The van der Waals surface area contributed by atoms with Crippen molar-refractivity contribution in [3.05, 3.63) is 24.3 Å². The van der Waals surface area contributed by atoms with Crippen LogP contribution >= 0.6 is 0 Å². The predicted molar refractivity (Wildman–Crippen MR) is 48.0 cm³/mol. The molecule has 14 heavy (non-hydrogen) atoms. The molecular formula is C8H13BF4Rh. The summed E-state index contributed by atoms with van der Waals surface area (Å²) >= 11 is 0. The molecule has 6 heteroatoms. The van der Waals surface area contributed by atoms with Crippen LogP contribution in [0.15, 0.2) is 24.3 Å². The van der Waals surface area contributed by atoms with Crippen molar-refractivity contribution in [3.63, 3.8) is 0 Å². The molecule has 0 bridgehead atoms. The van der Waals surface area contributed by atoms with Crippen molar-refractivity contribution in [2.24, 2.45) is 0 Å². The minimum absolute atomic E-state index is 0. The van der Waals surface area contributed by atoms with Gasteiger partial charge in [0, 0.05) is 19.5 Å². The second kappa shape index (κ2) is 9.44. The number of hydrogen-bond acceptors (Lipinski definition) is 0. The van der Waals surface area contributed by atoms with E-state index in [0.717, 1.165) is 0 Å². The summed E-state index contributed by atoms with van der Waals surface area (Å²) < 4.78 is 39.0. The number of allylic oxidation sites excluding steroid dienone is 4. The zero-order valence-corrected chi connectivity index (χ0v) is 9.20. The molecule has 1 aliphatic carbocycles. The molecule has 0 atom stereocenters. The Hall–Kier alpha value is -0.112. The predicted octanol–water partition coefficient (Wildman–Crippen LogP) is 4.08. The van der Waals surface area contributed by atoms with E-state index in [1.54, 1.807) is 0 Å². The summed E-state index contributed by atoms with van der Waals surface area (Å²) in [6.07, 6.45) is 14.0. The van der Waals surface area contributed by atoms with Gasteiger partial charge in [-0.3, -0.25) is 0 Å². The Morgan fingerprint density at radius 1 is 0.857 bits per heavy atom. The summed E-state index contributed by atoms with van der Waals surface area (Å²) in [5.74, 6) is 0. The molecule has 0 aromatic rings. The van der Waals surface area contributed by atoms with Crippen LogP contribution in [0, 0.1) is 0 Å². The Kier molecular flexibility index (Phi) is 11.0. The van der Waals surface area contributed by atoms with Gasteiger partial charge in [0.15, 0.2) is 0 Å². The SMILES string of the molecule is C1=CCCCCC=C1.F[B-](F)(F)F.[H+].[Rh]. The average molecular weight is 299 g/mol. The zero-order chi connectivity index (χ0) is 10.2. The van der Waals surface area contributed by atoms with Crippen molar-refractivity contribution in [2.45, 2.75) is 25.7 Å². The first-order chi connectivity index (χ1) is 6.00. The van der Waals surface area contributed by atoms with E-state index in [0.29, 0.717) is 0 Å². The van der Waals surface area contributed by atoms with Crippen molar-refractivity contribution < 1.29 is 38.2 Å². The van der Waals surface area contributed by atoms with E-state index in [1.165, 1.54) is 25.7 Å². The van der Waals surface area contributed by atoms with Gasteiger partial charge in [-0.05, 0) is 25.7 Å². The van der Waals surface area contributed by atoms with Crippen molar-refractivity contribution in [1.82, 2.24) is 0 Å². The van der Waals surface area contributed by atoms with Gasteiger partial charge in [-0.2, -0.15) is 0 Å². The minimum Gasteiger partial charge on any atom is -0.418 e. The molecule has 85 valence electrons. The maximum atomic E-state index is 9.75. The normalized spacial score (nSPS) is 15.7. The fraction of sp³-hybridized carbons (Fsp3) is 0.500. The van der Waals surface area contributed by atoms with Gasteiger partial charge in [-0.15, -0.1) is 0 Å². The van der Waals surface area contributed by atoms with E-state index in [4.69, 9.17) is 0 Å². The van der Waals surface area contributed by atoms with E-state index in [1.807, 2.05) is 0 Å². The summed E-state index contributed by atoms with van der Waals surface area (Å²) in [6.45, 7) is 0. The molecule has 0 aromatic heterocycles. The zero-order valence-electron chi connectivity index (χ0n) is 8.56. The molecule has 1 radical (unpaired) electrons. The molecule has 0 amide bonds. The first-order valence-electron chi connectivity index (χ1n) is 4.19. The number of hydrogen-bond donors (Lipinski definition) is 0. The fourth-order valence-corrected chi connectivity index (χ4v) is 0.874. The van der Waals surface area contributed by atoms with Crippen molar-refractivity contribution >= 4 is 7.25 Å². The summed E-state index contributed by atoms with van der Waals surface area (Å²) in [4.78, 5) is 0. The summed E-state index contributed by atoms with van der Waals surface area (Å²) in [5.41, 5.74) is 0. The molecule has 0 aliphatic heterocycles. The van der Waals surface area contributed by atoms with E-state index in [9.17, 15) is 17.3 Å². The molecule has 0 saturated carbocycles. The summed E-state index contributed by atoms with van der Waals surface area (Å²) in [6, 6.07) is 0. The third-order valence-corrected chi connectivity index (χ3v) is 1.37. The van der Waals surface area contributed by atoms with Crippen LogP contribution in [-0.4, -0.2) is 7.25 Å². The molecule has 0 unspecified atom stereocenters. The number of rotatable bonds is 0. The average Bonchev–Trinajstić information content (AvgIpc) is 1.79. The molecule has 0 heterocycles. The van der Waals surface area contributed by atoms with Gasteiger partial charge < -0.3 is 17.3 Å².